The van der Waals surface area contributed by atoms with Crippen molar-refractivity contribution in [2.75, 3.05) is 11.9 Å². The number of esters is 1. The van der Waals surface area contributed by atoms with Crippen LogP contribution < -0.4 is 10.1 Å². The van der Waals surface area contributed by atoms with E-state index in [-0.39, 0.29) is 18.1 Å². The van der Waals surface area contributed by atoms with Crippen molar-refractivity contribution >= 4 is 23.3 Å². The van der Waals surface area contributed by atoms with Gasteiger partial charge in [0.1, 0.15) is 17.9 Å². The summed E-state index contributed by atoms with van der Waals surface area (Å²) in [6.45, 7) is 4.56. The van der Waals surface area contributed by atoms with Crippen LogP contribution in [0.25, 0.3) is 0 Å². The lowest BCUT2D eigenvalue weighted by atomic mass is 10.2. The largest absolute Gasteiger partial charge is 0.492 e. The van der Waals surface area contributed by atoms with Crippen LogP contribution >= 0.6 is 11.6 Å². The van der Waals surface area contributed by atoms with E-state index in [2.05, 4.69) is 5.32 Å². The lowest BCUT2D eigenvalue weighted by molar-refractivity contribution is -0.141. The second-order valence-corrected chi connectivity index (χ2v) is 5.08. The van der Waals surface area contributed by atoms with E-state index < -0.39 is 0 Å². The highest BCUT2D eigenvalue weighted by Gasteiger charge is 2.31. The fourth-order valence-electron chi connectivity index (χ4n) is 2.00. The van der Waals surface area contributed by atoms with Crippen molar-refractivity contribution in [3.05, 3.63) is 23.2 Å². The fourth-order valence-corrected chi connectivity index (χ4v) is 2.23. The number of carbonyl (C=O) groups is 1. The van der Waals surface area contributed by atoms with Crippen molar-refractivity contribution < 1.29 is 14.3 Å². The van der Waals surface area contributed by atoms with Crippen molar-refractivity contribution in [3.63, 3.8) is 0 Å². The minimum atomic E-state index is -0.298. The van der Waals surface area contributed by atoms with Gasteiger partial charge < -0.3 is 14.8 Å². The number of hydrogen-bond donors (Lipinski definition) is 1. The fraction of sp³-hybridized carbons (Fsp3) is 0.500. The van der Waals surface area contributed by atoms with Crippen molar-refractivity contribution in [1.29, 1.82) is 0 Å². The number of anilines is 1. The Balaban J connectivity index is 2.02. The number of halogens is 1. The summed E-state index contributed by atoms with van der Waals surface area (Å²) in [6, 6.07) is 5.13. The first kappa shape index (κ1) is 14.0. The van der Waals surface area contributed by atoms with Gasteiger partial charge in [0.2, 0.25) is 0 Å². The molecule has 19 heavy (non-hydrogen) atoms. The number of hydrogen-bond acceptors (Lipinski definition) is 4. The van der Waals surface area contributed by atoms with Crippen molar-refractivity contribution in [3.8, 4) is 5.75 Å². The predicted octanol–water partition coefficient (Wildman–Crippen LogP) is 3.24. The van der Waals surface area contributed by atoms with Crippen LogP contribution in [0.2, 0.25) is 5.02 Å². The molecule has 1 aliphatic heterocycles. The summed E-state index contributed by atoms with van der Waals surface area (Å²) in [7, 11) is 0. The van der Waals surface area contributed by atoms with Gasteiger partial charge in [0.15, 0.2) is 0 Å². The summed E-state index contributed by atoms with van der Waals surface area (Å²) in [5.74, 6) is 0.450. The third kappa shape index (κ3) is 3.53. The SMILES string of the molecule is CCCOc1ccc(N[C@H]2C[C@@H](C)OC2=O)cc1Cl. The van der Waals surface area contributed by atoms with Crippen molar-refractivity contribution in [2.45, 2.75) is 38.8 Å². The van der Waals surface area contributed by atoms with Gasteiger partial charge in [-0.05, 0) is 31.5 Å². The van der Waals surface area contributed by atoms with Gasteiger partial charge in [0.05, 0.1) is 11.6 Å². The van der Waals surface area contributed by atoms with Gasteiger partial charge in [-0.15, -0.1) is 0 Å². The highest BCUT2D eigenvalue weighted by Crippen LogP contribution is 2.29. The topological polar surface area (TPSA) is 47.6 Å². The van der Waals surface area contributed by atoms with Crippen molar-refractivity contribution in [1.82, 2.24) is 0 Å². The summed E-state index contributed by atoms with van der Waals surface area (Å²) in [6.07, 6.45) is 1.57. The molecular weight excluding hydrogens is 266 g/mol. The van der Waals surface area contributed by atoms with E-state index in [1.807, 2.05) is 26.0 Å². The van der Waals surface area contributed by atoms with Gasteiger partial charge in [0.25, 0.3) is 0 Å². The van der Waals surface area contributed by atoms with Gasteiger partial charge in [0, 0.05) is 12.1 Å². The molecule has 1 aromatic carbocycles. The smallest absolute Gasteiger partial charge is 0.328 e. The Bertz CT molecular complexity index is 464. The summed E-state index contributed by atoms with van der Waals surface area (Å²) in [5, 5.41) is 3.67. The molecule has 0 unspecified atom stereocenters. The first-order valence-corrected chi connectivity index (χ1v) is 6.87. The molecule has 0 aromatic heterocycles. The van der Waals surface area contributed by atoms with E-state index in [0.717, 1.165) is 12.1 Å². The van der Waals surface area contributed by atoms with Crippen LogP contribution in [0.15, 0.2) is 18.2 Å². The molecule has 0 bridgehead atoms. The number of cyclic esters (lactones) is 1. The van der Waals surface area contributed by atoms with Crippen LogP contribution in [0.5, 0.6) is 5.75 Å². The maximum Gasteiger partial charge on any atom is 0.328 e. The molecule has 1 heterocycles. The first-order chi connectivity index (χ1) is 9.10. The zero-order chi connectivity index (χ0) is 13.8. The zero-order valence-corrected chi connectivity index (χ0v) is 11.9. The van der Waals surface area contributed by atoms with Crippen molar-refractivity contribution in [2.24, 2.45) is 0 Å². The van der Waals surface area contributed by atoms with E-state index in [1.54, 1.807) is 6.07 Å². The van der Waals surface area contributed by atoms with Gasteiger partial charge in [-0.3, -0.25) is 0 Å². The molecule has 1 aromatic rings. The molecule has 0 aliphatic carbocycles. The van der Waals surface area contributed by atoms with Crippen LogP contribution in [0.3, 0.4) is 0 Å². The normalized spacial score (nSPS) is 22.2. The summed E-state index contributed by atoms with van der Waals surface area (Å²) in [5.41, 5.74) is 0.796. The second kappa shape index (κ2) is 6.15. The number of benzene rings is 1. The molecule has 4 nitrogen and oxygen atoms in total. The summed E-state index contributed by atoms with van der Waals surface area (Å²) >= 11 is 6.13. The average molecular weight is 284 g/mol. The zero-order valence-electron chi connectivity index (χ0n) is 11.1. The Kier molecular flexibility index (Phi) is 4.53. The average Bonchev–Trinajstić information content (AvgIpc) is 2.67. The molecule has 104 valence electrons. The lowest BCUT2D eigenvalue weighted by Crippen LogP contribution is -2.24. The Labute approximate surface area is 118 Å². The van der Waals surface area contributed by atoms with E-state index >= 15 is 0 Å². The molecular formula is C14H18ClNO3. The van der Waals surface area contributed by atoms with E-state index in [4.69, 9.17) is 21.1 Å². The quantitative estimate of drug-likeness (QED) is 0.843. The van der Waals surface area contributed by atoms with Crippen LogP contribution in [0.1, 0.15) is 26.7 Å². The van der Waals surface area contributed by atoms with E-state index in [0.29, 0.717) is 23.8 Å². The second-order valence-electron chi connectivity index (χ2n) is 4.67. The molecule has 2 rings (SSSR count). The third-order valence-electron chi connectivity index (χ3n) is 2.90. The molecule has 1 fully saturated rings. The first-order valence-electron chi connectivity index (χ1n) is 6.49. The standard InChI is InChI=1S/C14H18ClNO3/c1-3-6-18-13-5-4-10(8-11(13)15)16-12-7-9(2)19-14(12)17/h4-5,8-9,12,16H,3,6-7H2,1-2H3/t9-,12+/m1/s1. The highest BCUT2D eigenvalue weighted by molar-refractivity contribution is 6.32. The summed E-state index contributed by atoms with van der Waals surface area (Å²) in [4.78, 5) is 11.5. The maximum absolute atomic E-state index is 11.5. The molecule has 0 amide bonds. The number of nitrogens with one attached hydrogen (secondary N) is 1. The van der Waals surface area contributed by atoms with Crippen LogP contribution in [0.4, 0.5) is 5.69 Å². The highest BCUT2D eigenvalue weighted by atomic mass is 35.5. The number of carbonyl (C=O) groups excluding carboxylic acids is 1. The maximum atomic E-state index is 11.5. The van der Waals surface area contributed by atoms with Gasteiger partial charge in [-0.25, -0.2) is 4.79 Å². The molecule has 1 saturated heterocycles. The molecule has 1 aliphatic rings. The Morgan fingerprint density at radius 2 is 2.32 bits per heavy atom. The van der Waals surface area contributed by atoms with E-state index in [9.17, 15) is 4.79 Å². The van der Waals surface area contributed by atoms with E-state index in [1.165, 1.54) is 0 Å². The Hall–Kier alpha value is -1.42. The van der Waals surface area contributed by atoms with Gasteiger partial charge >= 0.3 is 5.97 Å². The minimum Gasteiger partial charge on any atom is -0.492 e. The lowest BCUT2D eigenvalue weighted by Gasteiger charge is -2.12. The molecule has 5 heteroatoms. The summed E-state index contributed by atoms with van der Waals surface area (Å²) < 4.78 is 10.6. The number of ether oxygens (including phenoxy) is 2. The van der Waals surface area contributed by atoms with Crippen LogP contribution in [0, 0.1) is 0 Å². The molecule has 2 atom stereocenters. The number of rotatable bonds is 5. The molecule has 0 radical (unpaired) electrons. The van der Waals surface area contributed by atoms with Gasteiger partial charge in [-0.2, -0.15) is 0 Å². The third-order valence-corrected chi connectivity index (χ3v) is 3.20. The molecule has 0 spiro atoms. The van der Waals surface area contributed by atoms with Gasteiger partial charge in [-0.1, -0.05) is 18.5 Å². The Morgan fingerprint density at radius 3 is 2.89 bits per heavy atom. The Morgan fingerprint density at radius 1 is 1.53 bits per heavy atom. The molecule has 0 saturated carbocycles. The van der Waals surface area contributed by atoms with Crippen LogP contribution in [-0.4, -0.2) is 24.7 Å². The predicted molar refractivity (Wildman–Crippen MR) is 74.8 cm³/mol. The minimum absolute atomic E-state index is 0.0346. The molecule has 1 N–H and O–H groups in total. The monoisotopic (exact) mass is 283 g/mol. The van der Waals surface area contributed by atoms with Crippen LogP contribution in [-0.2, 0) is 9.53 Å².